The van der Waals surface area contributed by atoms with Crippen molar-refractivity contribution in [3.05, 3.63) is 0 Å². The molecule has 1 aliphatic rings. The highest BCUT2D eigenvalue weighted by Crippen LogP contribution is 2.21. The van der Waals surface area contributed by atoms with Crippen molar-refractivity contribution in [2.45, 2.75) is 37.8 Å². The van der Waals surface area contributed by atoms with Crippen LogP contribution in [0.3, 0.4) is 0 Å². The highest BCUT2D eigenvalue weighted by Gasteiger charge is 2.25. The van der Waals surface area contributed by atoms with Crippen LogP contribution in [0.25, 0.3) is 0 Å². The van der Waals surface area contributed by atoms with Crippen LogP contribution in [0, 0.1) is 0 Å². The predicted molar refractivity (Wildman–Crippen MR) is 54.8 cm³/mol. The average molecular weight is 186 g/mol. The van der Waals surface area contributed by atoms with Gasteiger partial charge in [0.15, 0.2) is 0 Å². The highest BCUT2D eigenvalue weighted by atomic mass is 16.3. The zero-order chi connectivity index (χ0) is 9.68. The maximum atomic E-state index is 8.75. The number of rotatable bonds is 4. The Labute approximate surface area is 81.1 Å². The number of hydrogen-bond donors (Lipinski definition) is 2. The quantitative estimate of drug-likeness (QED) is 0.669. The molecule has 2 atom stereocenters. The summed E-state index contributed by atoms with van der Waals surface area (Å²) >= 11 is 0. The van der Waals surface area contributed by atoms with Crippen LogP contribution in [0.5, 0.6) is 0 Å². The number of likely N-dealkylation sites (N-methyl/N-ethyl adjacent to an activating group) is 1. The molecule has 13 heavy (non-hydrogen) atoms. The van der Waals surface area contributed by atoms with E-state index in [-0.39, 0.29) is 6.61 Å². The molecule has 0 unspecified atom stereocenters. The molecule has 0 aliphatic heterocycles. The zero-order valence-electron chi connectivity index (χ0n) is 8.79. The van der Waals surface area contributed by atoms with Gasteiger partial charge in [0.05, 0.1) is 6.61 Å². The molecule has 1 aliphatic carbocycles. The molecule has 0 saturated heterocycles. The van der Waals surface area contributed by atoms with Crippen molar-refractivity contribution in [3.63, 3.8) is 0 Å². The third kappa shape index (κ3) is 3.25. The van der Waals surface area contributed by atoms with Gasteiger partial charge in [0.25, 0.3) is 0 Å². The number of aliphatic hydroxyl groups is 1. The van der Waals surface area contributed by atoms with Crippen LogP contribution >= 0.6 is 0 Å². The van der Waals surface area contributed by atoms with Crippen LogP contribution < -0.4 is 5.32 Å². The Morgan fingerprint density at radius 1 is 1.31 bits per heavy atom. The molecule has 3 nitrogen and oxygen atoms in total. The zero-order valence-corrected chi connectivity index (χ0v) is 8.79. The Bertz CT molecular complexity index is 139. The first-order valence-electron chi connectivity index (χ1n) is 5.26. The first kappa shape index (κ1) is 11.0. The standard InChI is InChI=1S/C10H22N2O/c1-12(2)10-6-4-3-5-9(10)11-7-8-13/h9-11,13H,3-8H2,1-2H3/t9-,10+/m1/s1. The third-order valence-electron chi connectivity index (χ3n) is 2.91. The third-order valence-corrected chi connectivity index (χ3v) is 2.91. The van der Waals surface area contributed by atoms with E-state index in [2.05, 4.69) is 24.3 Å². The van der Waals surface area contributed by atoms with E-state index in [0.29, 0.717) is 12.1 Å². The second kappa shape index (κ2) is 5.58. The summed E-state index contributed by atoms with van der Waals surface area (Å²) in [6.45, 7) is 0.978. The van der Waals surface area contributed by atoms with Gasteiger partial charge in [-0.25, -0.2) is 0 Å². The summed E-state index contributed by atoms with van der Waals surface area (Å²) in [5.74, 6) is 0. The molecule has 0 amide bonds. The summed E-state index contributed by atoms with van der Waals surface area (Å²) < 4.78 is 0. The molecule has 0 spiro atoms. The van der Waals surface area contributed by atoms with Crippen LogP contribution in [-0.4, -0.2) is 49.3 Å². The van der Waals surface area contributed by atoms with Gasteiger partial charge < -0.3 is 15.3 Å². The van der Waals surface area contributed by atoms with Gasteiger partial charge in [-0.1, -0.05) is 12.8 Å². The van der Waals surface area contributed by atoms with E-state index in [4.69, 9.17) is 5.11 Å². The van der Waals surface area contributed by atoms with E-state index in [1.807, 2.05) is 0 Å². The Morgan fingerprint density at radius 2 is 2.00 bits per heavy atom. The molecule has 2 N–H and O–H groups in total. The van der Waals surface area contributed by atoms with Crippen LogP contribution in [-0.2, 0) is 0 Å². The van der Waals surface area contributed by atoms with Crippen molar-refractivity contribution in [1.29, 1.82) is 0 Å². The van der Waals surface area contributed by atoms with Crippen LogP contribution in [0.1, 0.15) is 25.7 Å². The van der Waals surface area contributed by atoms with Gasteiger partial charge in [-0.3, -0.25) is 0 Å². The van der Waals surface area contributed by atoms with Crippen molar-refractivity contribution in [2.75, 3.05) is 27.2 Å². The molecular formula is C10H22N2O. The monoisotopic (exact) mass is 186 g/mol. The van der Waals surface area contributed by atoms with Crippen molar-refractivity contribution in [3.8, 4) is 0 Å². The number of aliphatic hydroxyl groups excluding tert-OH is 1. The normalized spacial score (nSPS) is 29.5. The fraction of sp³-hybridized carbons (Fsp3) is 1.00. The van der Waals surface area contributed by atoms with E-state index >= 15 is 0 Å². The minimum atomic E-state index is 0.247. The minimum absolute atomic E-state index is 0.247. The second-order valence-corrected chi connectivity index (χ2v) is 4.10. The second-order valence-electron chi connectivity index (χ2n) is 4.10. The Kier molecular flexibility index (Phi) is 4.70. The molecule has 0 aromatic rings. The lowest BCUT2D eigenvalue weighted by molar-refractivity contribution is 0.169. The predicted octanol–water partition coefficient (Wildman–Crippen LogP) is 0.441. The van der Waals surface area contributed by atoms with E-state index in [9.17, 15) is 0 Å². The van der Waals surface area contributed by atoms with Gasteiger partial charge in [0.1, 0.15) is 0 Å². The largest absolute Gasteiger partial charge is 0.395 e. The topological polar surface area (TPSA) is 35.5 Å². The molecule has 0 aromatic carbocycles. The minimum Gasteiger partial charge on any atom is -0.395 e. The Balaban J connectivity index is 2.37. The average Bonchev–Trinajstić information content (AvgIpc) is 2.15. The first-order chi connectivity index (χ1) is 6.25. The van der Waals surface area contributed by atoms with Gasteiger partial charge in [0.2, 0.25) is 0 Å². The number of nitrogens with one attached hydrogen (secondary N) is 1. The van der Waals surface area contributed by atoms with Gasteiger partial charge in [-0.05, 0) is 26.9 Å². The summed E-state index contributed by atoms with van der Waals surface area (Å²) in [6, 6.07) is 1.23. The van der Waals surface area contributed by atoms with Gasteiger partial charge in [-0.15, -0.1) is 0 Å². The molecule has 1 saturated carbocycles. The van der Waals surface area contributed by atoms with Crippen LogP contribution in [0.2, 0.25) is 0 Å². The number of hydrogen-bond acceptors (Lipinski definition) is 3. The van der Waals surface area contributed by atoms with E-state index in [1.165, 1.54) is 25.7 Å². The summed E-state index contributed by atoms with van der Waals surface area (Å²) in [5, 5.41) is 12.2. The first-order valence-corrected chi connectivity index (χ1v) is 5.26. The lowest BCUT2D eigenvalue weighted by atomic mass is 9.89. The van der Waals surface area contributed by atoms with Gasteiger partial charge in [-0.2, -0.15) is 0 Å². The van der Waals surface area contributed by atoms with Crippen molar-refractivity contribution >= 4 is 0 Å². The summed E-state index contributed by atoms with van der Waals surface area (Å²) in [5.41, 5.74) is 0. The fourth-order valence-electron chi connectivity index (χ4n) is 2.22. The SMILES string of the molecule is CN(C)[C@H]1CCCC[C@H]1NCCO. The maximum absolute atomic E-state index is 8.75. The highest BCUT2D eigenvalue weighted by molar-refractivity contribution is 4.85. The summed E-state index contributed by atoms with van der Waals surface area (Å²) in [6.07, 6.45) is 5.21. The molecule has 1 fully saturated rings. The van der Waals surface area contributed by atoms with E-state index in [0.717, 1.165) is 6.54 Å². The number of nitrogens with zero attached hydrogens (tertiary/aromatic N) is 1. The molecule has 0 aromatic heterocycles. The van der Waals surface area contributed by atoms with E-state index in [1.54, 1.807) is 0 Å². The van der Waals surface area contributed by atoms with Crippen LogP contribution in [0.15, 0.2) is 0 Å². The molecule has 1 rings (SSSR count). The van der Waals surface area contributed by atoms with Crippen molar-refractivity contribution < 1.29 is 5.11 Å². The Hall–Kier alpha value is -0.120. The smallest absolute Gasteiger partial charge is 0.0556 e. The maximum Gasteiger partial charge on any atom is 0.0556 e. The van der Waals surface area contributed by atoms with E-state index < -0.39 is 0 Å². The van der Waals surface area contributed by atoms with Crippen LogP contribution in [0.4, 0.5) is 0 Å². The molecule has 0 heterocycles. The molecule has 3 heteroatoms. The molecule has 0 radical (unpaired) electrons. The summed E-state index contributed by atoms with van der Waals surface area (Å²) in [4.78, 5) is 2.30. The molecular weight excluding hydrogens is 164 g/mol. The lowest BCUT2D eigenvalue weighted by Gasteiger charge is -2.36. The Morgan fingerprint density at radius 3 is 2.62 bits per heavy atom. The molecule has 78 valence electrons. The molecule has 0 bridgehead atoms. The van der Waals surface area contributed by atoms with Gasteiger partial charge in [0, 0.05) is 18.6 Å². The van der Waals surface area contributed by atoms with Crippen molar-refractivity contribution in [1.82, 2.24) is 10.2 Å². The van der Waals surface area contributed by atoms with Crippen molar-refractivity contribution in [2.24, 2.45) is 0 Å². The van der Waals surface area contributed by atoms with Gasteiger partial charge >= 0.3 is 0 Å². The summed E-state index contributed by atoms with van der Waals surface area (Å²) in [7, 11) is 4.28. The fourth-order valence-corrected chi connectivity index (χ4v) is 2.22. The lowest BCUT2D eigenvalue weighted by Crippen LogP contribution is -2.49.